The first-order valence-corrected chi connectivity index (χ1v) is 5.83. The van der Waals surface area contributed by atoms with E-state index in [0.29, 0.717) is 5.01 Å². The van der Waals surface area contributed by atoms with Crippen molar-refractivity contribution in [3.63, 3.8) is 0 Å². The zero-order valence-electron chi connectivity index (χ0n) is 8.33. The van der Waals surface area contributed by atoms with E-state index in [1.807, 2.05) is 0 Å². The Morgan fingerprint density at radius 2 is 2.12 bits per heavy atom. The minimum absolute atomic E-state index is 0.206. The van der Waals surface area contributed by atoms with Gasteiger partial charge in [-0.3, -0.25) is 10.1 Å². The Balaban J connectivity index is 2.52. The minimum Gasteiger partial charge on any atom is -0.300 e. The zero-order valence-corrected chi connectivity index (χ0v) is 9.96. The van der Waals surface area contributed by atoms with E-state index < -0.39 is 16.7 Å². The highest BCUT2D eigenvalue weighted by molar-refractivity contribution is 8.01. The number of anilines is 1. The molecule has 0 saturated carbocycles. The molecule has 0 fully saturated rings. The van der Waals surface area contributed by atoms with Crippen LogP contribution in [0.15, 0.2) is 0 Å². The first-order chi connectivity index (χ1) is 7.28. The van der Waals surface area contributed by atoms with Crippen LogP contribution in [0.2, 0.25) is 0 Å². The van der Waals surface area contributed by atoms with Gasteiger partial charge in [-0.25, -0.2) is 0 Å². The molecule has 16 heavy (non-hydrogen) atoms. The monoisotopic (exact) mass is 271 g/mol. The van der Waals surface area contributed by atoms with Gasteiger partial charge in [-0.1, -0.05) is 11.3 Å². The quantitative estimate of drug-likeness (QED) is 0.917. The lowest BCUT2D eigenvalue weighted by Gasteiger charge is -2.11. The molecule has 1 aromatic rings. The lowest BCUT2D eigenvalue weighted by molar-refractivity contribution is -0.115. The average molecular weight is 271 g/mol. The van der Waals surface area contributed by atoms with Crippen molar-refractivity contribution < 1.29 is 18.0 Å². The van der Waals surface area contributed by atoms with Crippen LogP contribution < -0.4 is 5.32 Å². The molecule has 1 amide bonds. The van der Waals surface area contributed by atoms with Crippen LogP contribution in [0.5, 0.6) is 0 Å². The molecule has 1 heterocycles. The maximum atomic E-state index is 12.0. The van der Waals surface area contributed by atoms with Crippen LogP contribution in [0.3, 0.4) is 0 Å². The number of aromatic nitrogens is 2. The molecule has 1 rings (SSSR count). The molecular formula is C7H8F3N3OS2. The third-order valence-corrected chi connectivity index (χ3v) is 3.02. The lowest BCUT2D eigenvalue weighted by Crippen LogP contribution is -2.25. The molecule has 0 spiro atoms. The number of carbonyl (C=O) groups excluding carboxylic acids is 1. The summed E-state index contributed by atoms with van der Waals surface area (Å²) in [5.74, 6) is -0.738. The predicted molar refractivity (Wildman–Crippen MR) is 56.4 cm³/mol. The van der Waals surface area contributed by atoms with E-state index >= 15 is 0 Å². The Morgan fingerprint density at radius 3 is 2.56 bits per heavy atom. The Hall–Kier alpha value is -0.830. The van der Waals surface area contributed by atoms with Gasteiger partial charge in [0.05, 0.1) is 5.25 Å². The fraction of sp³-hybridized carbons (Fsp3) is 0.571. The molecule has 0 saturated heterocycles. The number of nitrogens with one attached hydrogen (secondary N) is 1. The number of aryl methyl sites for hydroxylation is 1. The molecule has 90 valence electrons. The molecule has 0 aliphatic carbocycles. The number of thioether (sulfide) groups is 1. The normalized spacial score (nSPS) is 13.6. The molecule has 1 N–H and O–H groups in total. The summed E-state index contributed by atoms with van der Waals surface area (Å²) in [5, 5.41) is 9.10. The maximum Gasteiger partial charge on any atom is 0.442 e. The lowest BCUT2D eigenvalue weighted by atomic mass is 10.4. The number of hydrogen-bond donors (Lipinski definition) is 1. The first kappa shape index (κ1) is 13.2. The summed E-state index contributed by atoms with van der Waals surface area (Å²) in [4.78, 5) is 11.3. The number of alkyl halides is 3. The summed E-state index contributed by atoms with van der Waals surface area (Å²) in [6, 6.07) is 0. The summed E-state index contributed by atoms with van der Waals surface area (Å²) in [5.41, 5.74) is -4.42. The van der Waals surface area contributed by atoms with Crippen molar-refractivity contribution in [3.8, 4) is 0 Å². The fourth-order valence-electron chi connectivity index (χ4n) is 0.808. The predicted octanol–water partition coefficient (Wildman–Crippen LogP) is 2.43. The number of amides is 1. The van der Waals surface area contributed by atoms with E-state index in [9.17, 15) is 18.0 Å². The standard InChI is InChI=1S/C7H8F3N3OS2/c1-3(16-7(8,9)10)5(14)11-6-13-12-4(2)15-6/h3H,1-2H3,(H,11,13,14)/t3-/m1/s1. The first-order valence-electron chi connectivity index (χ1n) is 4.13. The van der Waals surface area contributed by atoms with Crippen molar-refractivity contribution in [3.05, 3.63) is 5.01 Å². The molecule has 9 heteroatoms. The van der Waals surface area contributed by atoms with Crippen LogP contribution in [0, 0.1) is 6.92 Å². The van der Waals surface area contributed by atoms with Crippen LogP contribution in [-0.2, 0) is 4.79 Å². The summed E-state index contributed by atoms with van der Waals surface area (Å²) < 4.78 is 35.9. The van der Waals surface area contributed by atoms with E-state index in [1.165, 1.54) is 6.92 Å². The maximum absolute atomic E-state index is 12.0. The van der Waals surface area contributed by atoms with E-state index in [-0.39, 0.29) is 16.9 Å². The smallest absolute Gasteiger partial charge is 0.300 e. The van der Waals surface area contributed by atoms with Gasteiger partial charge in [-0.15, -0.1) is 10.2 Å². The van der Waals surface area contributed by atoms with Crippen molar-refractivity contribution in [2.24, 2.45) is 0 Å². The van der Waals surface area contributed by atoms with Gasteiger partial charge in [0.25, 0.3) is 0 Å². The van der Waals surface area contributed by atoms with Crippen molar-refractivity contribution >= 4 is 34.1 Å². The molecule has 0 aliphatic heterocycles. The Morgan fingerprint density at radius 1 is 1.50 bits per heavy atom. The average Bonchev–Trinajstić information content (AvgIpc) is 2.48. The van der Waals surface area contributed by atoms with Crippen molar-refractivity contribution in [1.82, 2.24) is 10.2 Å². The van der Waals surface area contributed by atoms with Crippen molar-refractivity contribution in [1.29, 1.82) is 0 Å². The van der Waals surface area contributed by atoms with Gasteiger partial charge < -0.3 is 0 Å². The zero-order chi connectivity index (χ0) is 12.3. The van der Waals surface area contributed by atoms with Crippen LogP contribution in [-0.4, -0.2) is 26.9 Å². The van der Waals surface area contributed by atoms with Crippen LogP contribution in [0.4, 0.5) is 18.3 Å². The van der Waals surface area contributed by atoms with Gasteiger partial charge >= 0.3 is 5.51 Å². The summed E-state index contributed by atoms with van der Waals surface area (Å²) in [7, 11) is 0. The molecule has 1 aromatic heterocycles. The second kappa shape index (κ2) is 5.00. The Kier molecular flexibility index (Phi) is 4.14. The molecule has 0 radical (unpaired) electrons. The summed E-state index contributed by atoms with van der Waals surface area (Å²) in [6.07, 6.45) is 0. The summed E-state index contributed by atoms with van der Waals surface area (Å²) >= 11 is 0.742. The highest BCUT2D eigenvalue weighted by Crippen LogP contribution is 2.34. The van der Waals surface area contributed by atoms with E-state index in [4.69, 9.17) is 0 Å². The number of halogens is 3. The molecule has 0 unspecified atom stereocenters. The fourth-order valence-corrected chi connectivity index (χ4v) is 1.97. The van der Waals surface area contributed by atoms with Gasteiger partial charge in [0.2, 0.25) is 11.0 Å². The van der Waals surface area contributed by atoms with E-state index in [2.05, 4.69) is 15.5 Å². The summed E-state index contributed by atoms with van der Waals surface area (Å²) in [6.45, 7) is 2.86. The Labute approximate surface area is 97.6 Å². The third kappa shape index (κ3) is 4.35. The van der Waals surface area contributed by atoms with Crippen LogP contribution in [0.1, 0.15) is 11.9 Å². The van der Waals surface area contributed by atoms with Crippen molar-refractivity contribution in [2.45, 2.75) is 24.6 Å². The van der Waals surface area contributed by atoms with Crippen LogP contribution >= 0.6 is 23.1 Å². The third-order valence-electron chi connectivity index (χ3n) is 1.44. The SMILES string of the molecule is Cc1nnc(NC(=O)[C@@H](C)SC(F)(F)F)s1. The van der Waals surface area contributed by atoms with Gasteiger partial charge in [0, 0.05) is 0 Å². The second-order valence-electron chi connectivity index (χ2n) is 2.82. The van der Waals surface area contributed by atoms with Gasteiger partial charge in [-0.2, -0.15) is 13.2 Å². The molecule has 0 aromatic carbocycles. The second-order valence-corrected chi connectivity index (χ2v) is 5.41. The minimum atomic E-state index is -4.42. The molecule has 0 bridgehead atoms. The molecule has 0 aliphatic rings. The van der Waals surface area contributed by atoms with Gasteiger partial charge in [-0.05, 0) is 25.6 Å². The topological polar surface area (TPSA) is 54.9 Å². The number of carbonyl (C=O) groups is 1. The van der Waals surface area contributed by atoms with E-state index in [1.54, 1.807) is 6.92 Å². The van der Waals surface area contributed by atoms with Gasteiger partial charge in [0.1, 0.15) is 5.01 Å². The van der Waals surface area contributed by atoms with Gasteiger partial charge in [0.15, 0.2) is 0 Å². The highest BCUT2D eigenvalue weighted by atomic mass is 32.2. The highest BCUT2D eigenvalue weighted by Gasteiger charge is 2.34. The van der Waals surface area contributed by atoms with Crippen molar-refractivity contribution in [2.75, 3.05) is 5.32 Å². The van der Waals surface area contributed by atoms with E-state index in [0.717, 1.165) is 11.3 Å². The van der Waals surface area contributed by atoms with Crippen LogP contribution in [0.25, 0.3) is 0 Å². The number of rotatable bonds is 3. The Bertz CT molecular complexity index is 379. The molecule has 1 atom stereocenters. The number of hydrogen-bond acceptors (Lipinski definition) is 5. The molecular weight excluding hydrogens is 263 g/mol. The number of nitrogens with zero attached hydrogens (tertiary/aromatic N) is 2. The molecule has 4 nitrogen and oxygen atoms in total. The largest absolute Gasteiger partial charge is 0.442 e.